The molecule has 0 aromatic heterocycles. The zero-order valence-electron chi connectivity index (χ0n) is 7.60. The van der Waals surface area contributed by atoms with Gasteiger partial charge >= 0.3 is 0 Å². The standard InChI is InChI=1S/C9H8BrFO3/c1-4(12)7-8(10)5(11)3-6(14-2)9(7)13/h3,13H,1-2H3. The molecular weight excluding hydrogens is 255 g/mol. The molecule has 3 nitrogen and oxygen atoms in total. The van der Waals surface area contributed by atoms with Crippen molar-refractivity contribution in [2.45, 2.75) is 6.92 Å². The van der Waals surface area contributed by atoms with Gasteiger partial charge in [-0.3, -0.25) is 4.79 Å². The Morgan fingerprint density at radius 1 is 1.64 bits per heavy atom. The van der Waals surface area contributed by atoms with Crippen LogP contribution in [0.2, 0.25) is 0 Å². The van der Waals surface area contributed by atoms with E-state index >= 15 is 0 Å². The summed E-state index contributed by atoms with van der Waals surface area (Å²) in [4.78, 5) is 11.1. The number of ether oxygens (including phenoxy) is 1. The van der Waals surface area contributed by atoms with E-state index in [1.807, 2.05) is 0 Å². The smallest absolute Gasteiger partial charge is 0.170 e. The quantitative estimate of drug-likeness (QED) is 0.834. The third kappa shape index (κ3) is 1.72. The molecule has 0 saturated heterocycles. The summed E-state index contributed by atoms with van der Waals surface area (Å²) in [6.45, 7) is 1.23. The van der Waals surface area contributed by atoms with Crippen molar-refractivity contribution in [1.29, 1.82) is 0 Å². The molecule has 1 N–H and O–H groups in total. The van der Waals surface area contributed by atoms with Gasteiger partial charge in [-0.25, -0.2) is 4.39 Å². The fourth-order valence-electron chi connectivity index (χ4n) is 1.07. The molecule has 0 aliphatic carbocycles. The topological polar surface area (TPSA) is 46.5 Å². The second kappa shape index (κ2) is 3.96. The Bertz CT molecular complexity index is 390. The molecule has 14 heavy (non-hydrogen) atoms. The van der Waals surface area contributed by atoms with Crippen molar-refractivity contribution in [1.82, 2.24) is 0 Å². The van der Waals surface area contributed by atoms with E-state index in [2.05, 4.69) is 15.9 Å². The van der Waals surface area contributed by atoms with E-state index in [4.69, 9.17) is 4.74 Å². The molecule has 0 saturated carbocycles. The number of hydrogen-bond donors (Lipinski definition) is 1. The van der Waals surface area contributed by atoms with E-state index in [-0.39, 0.29) is 21.5 Å². The summed E-state index contributed by atoms with van der Waals surface area (Å²) in [6.07, 6.45) is 0. The van der Waals surface area contributed by atoms with Crippen LogP contribution in [0.3, 0.4) is 0 Å². The third-order valence-electron chi connectivity index (χ3n) is 1.73. The van der Waals surface area contributed by atoms with Gasteiger partial charge in [-0.15, -0.1) is 0 Å². The fraction of sp³-hybridized carbons (Fsp3) is 0.222. The molecule has 1 aromatic rings. The summed E-state index contributed by atoms with van der Waals surface area (Å²) in [7, 11) is 1.28. The van der Waals surface area contributed by atoms with Crippen LogP contribution in [0.4, 0.5) is 4.39 Å². The van der Waals surface area contributed by atoms with Gasteiger partial charge in [0.2, 0.25) is 0 Å². The Balaban J connectivity index is 3.53. The third-order valence-corrected chi connectivity index (χ3v) is 2.50. The first kappa shape index (κ1) is 11.0. The highest BCUT2D eigenvalue weighted by atomic mass is 79.9. The van der Waals surface area contributed by atoms with Crippen molar-refractivity contribution in [3.63, 3.8) is 0 Å². The number of phenolic OH excluding ortho intramolecular Hbond substituents is 1. The number of carbonyl (C=O) groups excluding carboxylic acids is 1. The van der Waals surface area contributed by atoms with Crippen LogP contribution in [0.25, 0.3) is 0 Å². The first-order valence-electron chi connectivity index (χ1n) is 3.75. The molecule has 0 fully saturated rings. The van der Waals surface area contributed by atoms with Crippen LogP contribution in [0.1, 0.15) is 17.3 Å². The van der Waals surface area contributed by atoms with Gasteiger partial charge in [0.15, 0.2) is 17.3 Å². The number of benzene rings is 1. The Morgan fingerprint density at radius 2 is 2.21 bits per heavy atom. The van der Waals surface area contributed by atoms with Gasteiger partial charge in [0.1, 0.15) is 5.82 Å². The number of carbonyl (C=O) groups is 1. The maximum atomic E-state index is 13.2. The summed E-state index contributed by atoms with van der Waals surface area (Å²) >= 11 is 2.88. The Morgan fingerprint density at radius 3 is 2.64 bits per heavy atom. The highest BCUT2D eigenvalue weighted by Gasteiger charge is 2.19. The Labute approximate surface area is 88.6 Å². The number of methoxy groups -OCH3 is 1. The normalized spacial score (nSPS) is 10.0. The molecule has 0 amide bonds. The van der Waals surface area contributed by atoms with E-state index in [0.29, 0.717) is 0 Å². The van der Waals surface area contributed by atoms with Gasteiger partial charge in [0.25, 0.3) is 0 Å². The average Bonchev–Trinajstić information content (AvgIpc) is 2.11. The van der Waals surface area contributed by atoms with Crippen LogP contribution in [-0.2, 0) is 0 Å². The largest absolute Gasteiger partial charge is 0.504 e. The summed E-state index contributed by atoms with van der Waals surface area (Å²) in [5.41, 5.74) is -0.109. The molecule has 1 rings (SSSR count). The molecule has 0 atom stereocenters. The lowest BCUT2D eigenvalue weighted by Crippen LogP contribution is -1.99. The van der Waals surface area contributed by atoms with E-state index < -0.39 is 11.6 Å². The molecule has 76 valence electrons. The van der Waals surface area contributed by atoms with Crippen LogP contribution in [0.5, 0.6) is 11.5 Å². The van der Waals surface area contributed by atoms with Crippen LogP contribution in [-0.4, -0.2) is 18.0 Å². The number of halogens is 2. The molecule has 0 aliphatic rings. The number of phenols is 1. The lowest BCUT2D eigenvalue weighted by atomic mass is 10.1. The molecule has 0 radical (unpaired) electrons. The van der Waals surface area contributed by atoms with Crippen molar-refractivity contribution < 1.29 is 19.0 Å². The van der Waals surface area contributed by atoms with Crippen LogP contribution < -0.4 is 4.74 Å². The van der Waals surface area contributed by atoms with Crippen LogP contribution in [0.15, 0.2) is 10.5 Å². The molecule has 0 unspecified atom stereocenters. The Hall–Kier alpha value is -1.10. The van der Waals surface area contributed by atoms with Gasteiger partial charge < -0.3 is 9.84 Å². The van der Waals surface area contributed by atoms with Crippen molar-refractivity contribution in [3.05, 3.63) is 21.9 Å². The lowest BCUT2D eigenvalue weighted by molar-refractivity contribution is 0.101. The number of Topliss-reactive ketones (excluding diaryl/α,β-unsaturated/α-hetero) is 1. The van der Waals surface area contributed by atoms with Gasteiger partial charge in [0.05, 0.1) is 17.1 Å². The number of ketones is 1. The summed E-state index contributed by atoms with van der Waals surface area (Å²) < 4.78 is 17.8. The van der Waals surface area contributed by atoms with Crippen LogP contribution >= 0.6 is 15.9 Å². The summed E-state index contributed by atoms with van der Waals surface area (Å²) in [6, 6.07) is 1.01. The zero-order valence-corrected chi connectivity index (χ0v) is 9.18. The van der Waals surface area contributed by atoms with Crippen molar-refractivity contribution >= 4 is 21.7 Å². The van der Waals surface area contributed by atoms with E-state index in [9.17, 15) is 14.3 Å². The van der Waals surface area contributed by atoms with Crippen LogP contribution in [0, 0.1) is 5.82 Å². The van der Waals surface area contributed by atoms with Gasteiger partial charge in [-0.1, -0.05) is 0 Å². The number of rotatable bonds is 2. The summed E-state index contributed by atoms with van der Waals surface area (Å²) in [5, 5.41) is 9.52. The van der Waals surface area contributed by atoms with E-state index in [1.165, 1.54) is 14.0 Å². The van der Waals surface area contributed by atoms with Crippen molar-refractivity contribution in [2.75, 3.05) is 7.11 Å². The molecule has 0 spiro atoms. The molecular formula is C9H8BrFO3. The Kier molecular flexibility index (Phi) is 3.10. The molecule has 0 heterocycles. The van der Waals surface area contributed by atoms with Crippen molar-refractivity contribution in [2.24, 2.45) is 0 Å². The second-order valence-electron chi connectivity index (χ2n) is 2.65. The number of hydrogen-bond acceptors (Lipinski definition) is 3. The maximum Gasteiger partial charge on any atom is 0.170 e. The lowest BCUT2D eigenvalue weighted by Gasteiger charge is -2.09. The average molecular weight is 263 g/mol. The highest BCUT2D eigenvalue weighted by Crippen LogP contribution is 2.37. The molecule has 0 bridgehead atoms. The molecule has 5 heteroatoms. The molecule has 1 aromatic carbocycles. The predicted octanol–water partition coefficient (Wildman–Crippen LogP) is 2.51. The van der Waals surface area contributed by atoms with Gasteiger partial charge in [0, 0.05) is 6.07 Å². The minimum absolute atomic E-state index is 0.0525. The van der Waals surface area contributed by atoms with Gasteiger partial charge in [-0.2, -0.15) is 0 Å². The minimum atomic E-state index is -0.648. The highest BCUT2D eigenvalue weighted by molar-refractivity contribution is 9.10. The van der Waals surface area contributed by atoms with Crippen molar-refractivity contribution in [3.8, 4) is 11.5 Å². The minimum Gasteiger partial charge on any atom is -0.504 e. The van der Waals surface area contributed by atoms with Gasteiger partial charge in [-0.05, 0) is 22.9 Å². The first-order chi connectivity index (χ1) is 6.49. The second-order valence-corrected chi connectivity index (χ2v) is 3.45. The zero-order chi connectivity index (χ0) is 10.9. The van der Waals surface area contributed by atoms with E-state index in [0.717, 1.165) is 6.07 Å². The van der Waals surface area contributed by atoms with E-state index in [1.54, 1.807) is 0 Å². The monoisotopic (exact) mass is 262 g/mol. The number of aromatic hydroxyl groups is 1. The SMILES string of the molecule is COc1cc(F)c(Br)c(C(C)=O)c1O. The fourth-order valence-corrected chi connectivity index (χ4v) is 1.65. The maximum absolute atomic E-state index is 13.2. The first-order valence-corrected chi connectivity index (χ1v) is 4.54. The summed E-state index contributed by atoms with van der Waals surface area (Å²) in [5.74, 6) is -1.50. The molecule has 0 aliphatic heterocycles. The predicted molar refractivity (Wildman–Crippen MR) is 52.3 cm³/mol.